The lowest BCUT2D eigenvalue weighted by Gasteiger charge is -2.36. The molecule has 0 spiro atoms. The van der Waals surface area contributed by atoms with Gasteiger partial charge in [0.1, 0.15) is 0 Å². The van der Waals surface area contributed by atoms with E-state index in [-0.39, 0.29) is 0 Å². The van der Waals surface area contributed by atoms with Crippen LogP contribution in [0.4, 0.5) is 5.95 Å². The van der Waals surface area contributed by atoms with Crippen LogP contribution in [0.25, 0.3) is 0 Å². The zero-order chi connectivity index (χ0) is 10.9. The number of anilines is 1. The Kier molecular flexibility index (Phi) is 2.63. The molecule has 15 heavy (non-hydrogen) atoms. The van der Waals surface area contributed by atoms with Crippen molar-refractivity contribution >= 4 is 5.95 Å². The zero-order valence-electron chi connectivity index (χ0n) is 9.82. The number of rotatable bonds is 1. The molecule has 0 unspecified atom stereocenters. The van der Waals surface area contributed by atoms with Crippen molar-refractivity contribution in [2.75, 3.05) is 18.0 Å². The van der Waals surface area contributed by atoms with Crippen LogP contribution in [0.1, 0.15) is 32.3 Å². The summed E-state index contributed by atoms with van der Waals surface area (Å²) >= 11 is 0. The number of hydrogen-bond acceptors (Lipinski definition) is 3. The molecule has 1 saturated heterocycles. The minimum atomic E-state index is 0.487. The molecule has 0 atom stereocenters. The van der Waals surface area contributed by atoms with Crippen LogP contribution >= 0.6 is 0 Å². The summed E-state index contributed by atoms with van der Waals surface area (Å²) in [6.45, 7) is 8.84. The summed E-state index contributed by atoms with van der Waals surface area (Å²) in [5.41, 5.74) is 1.61. The Balaban J connectivity index is 2.04. The van der Waals surface area contributed by atoms with Crippen molar-refractivity contribution in [1.29, 1.82) is 0 Å². The van der Waals surface area contributed by atoms with Crippen molar-refractivity contribution in [3.63, 3.8) is 0 Å². The van der Waals surface area contributed by atoms with Gasteiger partial charge in [0.2, 0.25) is 5.95 Å². The van der Waals surface area contributed by atoms with Gasteiger partial charge >= 0.3 is 0 Å². The lowest BCUT2D eigenvalue weighted by molar-refractivity contribution is 0.278. The number of piperidine rings is 1. The maximum Gasteiger partial charge on any atom is 0.225 e. The number of hydrogen-bond donors (Lipinski definition) is 0. The third-order valence-corrected chi connectivity index (χ3v) is 3.17. The maximum absolute atomic E-state index is 4.36. The van der Waals surface area contributed by atoms with E-state index in [1.807, 2.05) is 19.3 Å². The first-order valence-electron chi connectivity index (χ1n) is 5.60. The molecule has 1 aliphatic heterocycles. The standard InChI is InChI=1S/C12H19N3/c1-10-8-13-11(14-9-10)15-6-4-12(2,3)5-7-15/h8-9H,4-7H2,1-3H3. The number of aromatic nitrogens is 2. The number of nitrogens with zero attached hydrogens (tertiary/aromatic N) is 3. The van der Waals surface area contributed by atoms with Crippen LogP contribution < -0.4 is 4.90 Å². The third-order valence-electron chi connectivity index (χ3n) is 3.17. The van der Waals surface area contributed by atoms with Crippen LogP contribution in [-0.4, -0.2) is 23.1 Å². The Bertz CT molecular complexity index is 319. The van der Waals surface area contributed by atoms with Gasteiger partial charge in [-0.15, -0.1) is 0 Å². The summed E-state index contributed by atoms with van der Waals surface area (Å²) in [5.74, 6) is 0.885. The molecule has 2 rings (SSSR count). The predicted octanol–water partition coefficient (Wildman–Crippen LogP) is 2.41. The molecular formula is C12H19N3. The fraction of sp³-hybridized carbons (Fsp3) is 0.667. The Morgan fingerprint density at radius 2 is 1.67 bits per heavy atom. The Hall–Kier alpha value is -1.12. The summed E-state index contributed by atoms with van der Waals surface area (Å²) < 4.78 is 0. The van der Waals surface area contributed by atoms with Crippen LogP contribution in [-0.2, 0) is 0 Å². The van der Waals surface area contributed by atoms with Crippen LogP contribution in [0.15, 0.2) is 12.4 Å². The molecular weight excluding hydrogens is 186 g/mol. The van der Waals surface area contributed by atoms with Gasteiger partial charge in [-0.3, -0.25) is 0 Å². The third kappa shape index (κ3) is 2.46. The molecule has 1 aliphatic rings. The Morgan fingerprint density at radius 3 is 2.20 bits per heavy atom. The Morgan fingerprint density at radius 1 is 1.13 bits per heavy atom. The molecule has 0 radical (unpaired) electrons. The normalized spacial score (nSPS) is 20.3. The summed E-state index contributed by atoms with van der Waals surface area (Å²) in [5, 5.41) is 0. The van der Waals surface area contributed by atoms with Gasteiger partial charge in [0.15, 0.2) is 0 Å². The first kappa shape index (κ1) is 10.4. The molecule has 0 saturated carbocycles. The molecule has 0 aromatic carbocycles. The molecule has 1 aromatic rings. The topological polar surface area (TPSA) is 29.0 Å². The summed E-state index contributed by atoms with van der Waals surface area (Å²) in [6.07, 6.45) is 6.23. The van der Waals surface area contributed by atoms with E-state index in [1.165, 1.54) is 12.8 Å². The van der Waals surface area contributed by atoms with E-state index in [9.17, 15) is 0 Å². The fourth-order valence-corrected chi connectivity index (χ4v) is 1.86. The second-order valence-electron chi connectivity index (χ2n) is 5.21. The smallest absolute Gasteiger partial charge is 0.225 e. The van der Waals surface area contributed by atoms with Gasteiger partial charge in [0.05, 0.1) is 0 Å². The second kappa shape index (κ2) is 3.80. The van der Waals surface area contributed by atoms with E-state index in [4.69, 9.17) is 0 Å². The molecule has 0 bridgehead atoms. The van der Waals surface area contributed by atoms with Crippen LogP contribution in [0.3, 0.4) is 0 Å². The Labute approximate surface area is 91.5 Å². The molecule has 0 N–H and O–H groups in total. The lowest BCUT2D eigenvalue weighted by Crippen LogP contribution is -2.38. The van der Waals surface area contributed by atoms with Crippen molar-refractivity contribution in [3.8, 4) is 0 Å². The second-order valence-corrected chi connectivity index (χ2v) is 5.21. The predicted molar refractivity (Wildman–Crippen MR) is 62.0 cm³/mol. The van der Waals surface area contributed by atoms with Crippen molar-refractivity contribution in [2.45, 2.75) is 33.6 Å². The van der Waals surface area contributed by atoms with Gasteiger partial charge in [0, 0.05) is 25.5 Å². The molecule has 82 valence electrons. The SMILES string of the molecule is Cc1cnc(N2CCC(C)(C)CC2)nc1. The van der Waals surface area contributed by atoms with E-state index in [1.54, 1.807) is 0 Å². The van der Waals surface area contributed by atoms with Crippen molar-refractivity contribution in [2.24, 2.45) is 5.41 Å². The first-order valence-corrected chi connectivity index (χ1v) is 5.60. The van der Waals surface area contributed by atoms with E-state index < -0.39 is 0 Å². The molecule has 0 amide bonds. The monoisotopic (exact) mass is 205 g/mol. The highest BCUT2D eigenvalue weighted by molar-refractivity contribution is 5.30. The highest BCUT2D eigenvalue weighted by Crippen LogP contribution is 2.30. The van der Waals surface area contributed by atoms with Gasteiger partial charge in [-0.1, -0.05) is 13.8 Å². The van der Waals surface area contributed by atoms with Crippen LogP contribution in [0.5, 0.6) is 0 Å². The van der Waals surface area contributed by atoms with E-state index in [2.05, 4.69) is 28.7 Å². The molecule has 1 aromatic heterocycles. The molecule has 1 fully saturated rings. The van der Waals surface area contributed by atoms with Gasteiger partial charge < -0.3 is 4.90 Å². The molecule has 3 heteroatoms. The number of aryl methyl sites for hydroxylation is 1. The fourth-order valence-electron chi connectivity index (χ4n) is 1.86. The van der Waals surface area contributed by atoms with Crippen molar-refractivity contribution in [3.05, 3.63) is 18.0 Å². The molecule has 0 aliphatic carbocycles. The summed E-state index contributed by atoms with van der Waals surface area (Å²) in [4.78, 5) is 11.0. The van der Waals surface area contributed by atoms with Gasteiger partial charge in [-0.2, -0.15) is 0 Å². The van der Waals surface area contributed by atoms with E-state index >= 15 is 0 Å². The molecule has 2 heterocycles. The largest absolute Gasteiger partial charge is 0.341 e. The van der Waals surface area contributed by atoms with Gasteiger partial charge in [-0.25, -0.2) is 9.97 Å². The summed E-state index contributed by atoms with van der Waals surface area (Å²) in [7, 11) is 0. The first-order chi connectivity index (χ1) is 7.07. The van der Waals surface area contributed by atoms with E-state index in [0.29, 0.717) is 5.41 Å². The average molecular weight is 205 g/mol. The van der Waals surface area contributed by atoms with Gasteiger partial charge in [0.25, 0.3) is 0 Å². The zero-order valence-corrected chi connectivity index (χ0v) is 9.82. The quantitative estimate of drug-likeness (QED) is 0.705. The maximum atomic E-state index is 4.36. The van der Waals surface area contributed by atoms with Crippen LogP contribution in [0.2, 0.25) is 0 Å². The average Bonchev–Trinajstić information content (AvgIpc) is 2.20. The van der Waals surface area contributed by atoms with Crippen molar-refractivity contribution in [1.82, 2.24) is 9.97 Å². The van der Waals surface area contributed by atoms with Gasteiger partial charge in [-0.05, 0) is 30.7 Å². The molecule has 3 nitrogen and oxygen atoms in total. The highest BCUT2D eigenvalue weighted by atomic mass is 15.2. The summed E-state index contributed by atoms with van der Waals surface area (Å²) in [6, 6.07) is 0. The minimum absolute atomic E-state index is 0.487. The highest BCUT2D eigenvalue weighted by Gasteiger charge is 2.26. The van der Waals surface area contributed by atoms with E-state index in [0.717, 1.165) is 24.6 Å². The minimum Gasteiger partial charge on any atom is -0.341 e. The van der Waals surface area contributed by atoms with Crippen LogP contribution in [0, 0.1) is 12.3 Å². The lowest BCUT2D eigenvalue weighted by atomic mass is 9.83. The van der Waals surface area contributed by atoms with Crippen molar-refractivity contribution < 1.29 is 0 Å².